The average molecular weight is 165 g/mol. The van der Waals surface area contributed by atoms with Gasteiger partial charge in [0.15, 0.2) is 0 Å². The van der Waals surface area contributed by atoms with Crippen LogP contribution in [0.4, 0.5) is 0 Å². The molecule has 0 radical (unpaired) electrons. The smallest absolute Gasteiger partial charge is 0.334 e. The molecule has 0 aliphatic heterocycles. The molecule has 0 aromatic rings. The lowest BCUT2D eigenvalue weighted by Crippen LogP contribution is -2.00. The van der Waals surface area contributed by atoms with Gasteiger partial charge in [0, 0.05) is 5.88 Å². The van der Waals surface area contributed by atoms with Gasteiger partial charge in [-0.05, 0) is 12.8 Å². The number of alkyl halides is 1. The zero-order valence-corrected chi connectivity index (χ0v) is 6.14. The molecule has 0 saturated carbocycles. The van der Waals surface area contributed by atoms with Gasteiger partial charge in [-0.15, -0.1) is 11.6 Å². The van der Waals surface area contributed by atoms with Crippen LogP contribution in [0.2, 0.25) is 0 Å². The Hall–Kier alpha value is -0.700. The fourth-order valence-electron chi connectivity index (χ4n) is 0.484. The van der Waals surface area contributed by atoms with Crippen molar-refractivity contribution in [2.75, 3.05) is 5.88 Å². The van der Waals surface area contributed by atoms with E-state index >= 15 is 0 Å². The Balaban J connectivity index is 3.74. The molecule has 0 rings (SSSR count). The molecule has 0 amide bonds. The number of aliphatic carboxylic acids is 1. The number of hydrogen-bond acceptors (Lipinski definition) is 2. The Labute approximate surface area is 63.9 Å². The molecule has 58 valence electrons. The summed E-state index contributed by atoms with van der Waals surface area (Å²) >= 11 is 5.31. The van der Waals surface area contributed by atoms with E-state index in [0.717, 1.165) is 0 Å². The maximum absolute atomic E-state index is 10.2. The van der Waals surface area contributed by atoms with Crippen molar-refractivity contribution in [2.24, 2.45) is 0 Å². The molecule has 0 aliphatic carbocycles. The van der Waals surface area contributed by atoms with E-state index in [4.69, 9.17) is 21.8 Å². The number of aliphatic hydroxyl groups excluding tert-OH is 1. The van der Waals surface area contributed by atoms with Gasteiger partial charge in [-0.25, -0.2) is 4.79 Å². The van der Waals surface area contributed by atoms with Gasteiger partial charge in [-0.3, -0.25) is 0 Å². The first kappa shape index (κ1) is 9.30. The molecule has 0 aromatic carbocycles. The molecule has 0 fully saturated rings. The largest absolute Gasteiger partial charge is 0.515 e. The normalized spacial score (nSPS) is 11.5. The summed E-state index contributed by atoms with van der Waals surface area (Å²) in [4.78, 5) is 10.2. The SMILES string of the molecule is O=C(O)/C(=C/O)CCCCl. The number of aliphatic hydroxyl groups is 1. The van der Waals surface area contributed by atoms with Crippen molar-refractivity contribution in [3.8, 4) is 0 Å². The van der Waals surface area contributed by atoms with Crippen LogP contribution in [0.15, 0.2) is 11.8 Å². The summed E-state index contributed by atoms with van der Waals surface area (Å²) in [6, 6.07) is 0. The number of carboxylic acid groups (broad SMARTS) is 1. The molecular weight excluding hydrogens is 156 g/mol. The number of carbonyl (C=O) groups is 1. The molecule has 0 saturated heterocycles. The van der Waals surface area contributed by atoms with Gasteiger partial charge in [0.25, 0.3) is 0 Å². The lowest BCUT2D eigenvalue weighted by Gasteiger charge is -1.95. The van der Waals surface area contributed by atoms with Gasteiger partial charge in [-0.2, -0.15) is 0 Å². The lowest BCUT2D eigenvalue weighted by molar-refractivity contribution is -0.132. The topological polar surface area (TPSA) is 57.5 Å². The molecular formula is C6H9ClO3. The summed E-state index contributed by atoms with van der Waals surface area (Å²) in [5.74, 6) is -0.683. The molecule has 0 spiro atoms. The van der Waals surface area contributed by atoms with Gasteiger partial charge in [-0.1, -0.05) is 0 Å². The first-order valence-electron chi connectivity index (χ1n) is 2.85. The molecule has 0 bridgehead atoms. The fraction of sp³-hybridized carbons (Fsp3) is 0.500. The first-order chi connectivity index (χ1) is 4.72. The van der Waals surface area contributed by atoms with E-state index in [1.165, 1.54) is 0 Å². The Kier molecular flexibility index (Phi) is 4.76. The van der Waals surface area contributed by atoms with Crippen LogP contribution in [0.25, 0.3) is 0 Å². The van der Waals surface area contributed by atoms with Crippen LogP contribution in [0.1, 0.15) is 12.8 Å². The standard InChI is InChI=1S/C6H9ClO3/c7-3-1-2-5(4-8)6(9)10/h4,8H,1-3H2,(H,9,10)/b5-4+. The molecule has 10 heavy (non-hydrogen) atoms. The van der Waals surface area contributed by atoms with Gasteiger partial charge < -0.3 is 10.2 Å². The summed E-state index contributed by atoms with van der Waals surface area (Å²) in [7, 11) is 0. The average Bonchev–Trinajstić information content (AvgIpc) is 1.89. The van der Waals surface area contributed by atoms with E-state index in [0.29, 0.717) is 25.0 Å². The van der Waals surface area contributed by atoms with Gasteiger partial charge in [0.05, 0.1) is 11.8 Å². The van der Waals surface area contributed by atoms with E-state index < -0.39 is 5.97 Å². The van der Waals surface area contributed by atoms with Crippen molar-refractivity contribution in [2.45, 2.75) is 12.8 Å². The molecule has 0 atom stereocenters. The second-order valence-electron chi connectivity index (χ2n) is 1.75. The van der Waals surface area contributed by atoms with Crippen molar-refractivity contribution >= 4 is 17.6 Å². The Morgan fingerprint density at radius 3 is 2.50 bits per heavy atom. The lowest BCUT2D eigenvalue weighted by atomic mass is 10.2. The van der Waals surface area contributed by atoms with Crippen LogP contribution in [0.3, 0.4) is 0 Å². The van der Waals surface area contributed by atoms with E-state index in [9.17, 15) is 4.79 Å². The Morgan fingerprint density at radius 1 is 1.60 bits per heavy atom. The second kappa shape index (κ2) is 5.11. The summed E-state index contributed by atoms with van der Waals surface area (Å²) in [6.07, 6.45) is 1.49. The maximum atomic E-state index is 10.2. The Bertz CT molecular complexity index is 142. The van der Waals surface area contributed by atoms with Gasteiger partial charge in [0.2, 0.25) is 0 Å². The van der Waals surface area contributed by atoms with Crippen molar-refractivity contribution in [3.05, 3.63) is 11.8 Å². The molecule has 0 aliphatic rings. The zero-order valence-electron chi connectivity index (χ0n) is 5.38. The summed E-state index contributed by atoms with van der Waals surface area (Å²) in [5.41, 5.74) is 0.000602. The second-order valence-corrected chi connectivity index (χ2v) is 2.13. The third-order valence-electron chi connectivity index (χ3n) is 1.01. The minimum Gasteiger partial charge on any atom is -0.515 e. The van der Waals surface area contributed by atoms with E-state index in [-0.39, 0.29) is 5.57 Å². The van der Waals surface area contributed by atoms with E-state index in [1.54, 1.807) is 0 Å². The van der Waals surface area contributed by atoms with Gasteiger partial charge in [0.1, 0.15) is 0 Å². The first-order valence-corrected chi connectivity index (χ1v) is 3.38. The summed E-state index contributed by atoms with van der Waals surface area (Å²) < 4.78 is 0. The number of carboxylic acids is 1. The minimum absolute atomic E-state index is 0.000602. The number of rotatable bonds is 4. The number of hydrogen-bond donors (Lipinski definition) is 2. The molecule has 2 N–H and O–H groups in total. The van der Waals surface area contributed by atoms with Crippen molar-refractivity contribution < 1.29 is 15.0 Å². The zero-order chi connectivity index (χ0) is 7.98. The van der Waals surface area contributed by atoms with Crippen LogP contribution in [0.5, 0.6) is 0 Å². The quantitative estimate of drug-likeness (QED) is 0.376. The Morgan fingerprint density at radius 2 is 2.20 bits per heavy atom. The van der Waals surface area contributed by atoms with Crippen LogP contribution in [-0.4, -0.2) is 22.1 Å². The molecule has 0 heterocycles. The van der Waals surface area contributed by atoms with Gasteiger partial charge >= 0.3 is 5.97 Å². The van der Waals surface area contributed by atoms with Crippen molar-refractivity contribution in [1.29, 1.82) is 0 Å². The van der Waals surface area contributed by atoms with Crippen LogP contribution in [0, 0.1) is 0 Å². The predicted octanol–water partition coefficient (Wildman–Crippen LogP) is 1.53. The monoisotopic (exact) mass is 164 g/mol. The third-order valence-corrected chi connectivity index (χ3v) is 1.28. The molecule has 0 aromatic heterocycles. The van der Waals surface area contributed by atoms with Crippen LogP contribution < -0.4 is 0 Å². The maximum Gasteiger partial charge on any atom is 0.334 e. The number of halogens is 1. The predicted molar refractivity (Wildman–Crippen MR) is 38.3 cm³/mol. The highest BCUT2D eigenvalue weighted by molar-refractivity contribution is 6.17. The molecule has 4 heteroatoms. The minimum atomic E-state index is -1.09. The third kappa shape index (κ3) is 3.35. The van der Waals surface area contributed by atoms with E-state index in [2.05, 4.69) is 0 Å². The van der Waals surface area contributed by atoms with Crippen molar-refractivity contribution in [3.63, 3.8) is 0 Å². The van der Waals surface area contributed by atoms with E-state index in [1.807, 2.05) is 0 Å². The van der Waals surface area contributed by atoms with Crippen LogP contribution >= 0.6 is 11.6 Å². The highest BCUT2D eigenvalue weighted by Crippen LogP contribution is 2.04. The molecule has 0 unspecified atom stereocenters. The molecule has 3 nitrogen and oxygen atoms in total. The van der Waals surface area contributed by atoms with Crippen molar-refractivity contribution in [1.82, 2.24) is 0 Å². The highest BCUT2D eigenvalue weighted by atomic mass is 35.5. The summed E-state index contributed by atoms with van der Waals surface area (Å²) in [5, 5.41) is 16.7. The van der Waals surface area contributed by atoms with Crippen LogP contribution in [-0.2, 0) is 4.79 Å². The summed E-state index contributed by atoms with van der Waals surface area (Å²) in [6.45, 7) is 0. The highest BCUT2D eigenvalue weighted by Gasteiger charge is 2.05. The fourth-order valence-corrected chi connectivity index (χ4v) is 0.618.